The van der Waals surface area contributed by atoms with E-state index in [9.17, 15) is 9.59 Å². The lowest BCUT2D eigenvalue weighted by Crippen LogP contribution is -2.56. The third-order valence-corrected chi connectivity index (χ3v) is 2.93. The quantitative estimate of drug-likeness (QED) is 0.813. The second-order valence-corrected chi connectivity index (χ2v) is 4.10. The number of nitrogens with one attached hydrogen (secondary N) is 1. The molecule has 0 spiro atoms. The van der Waals surface area contributed by atoms with Crippen molar-refractivity contribution in [3.8, 4) is 0 Å². The molecule has 0 aromatic carbocycles. The number of nitrogens with zero attached hydrogens (tertiary/aromatic N) is 1. The van der Waals surface area contributed by atoms with Crippen molar-refractivity contribution in [3.05, 3.63) is 30.2 Å². The Morgan fingerprint density at radius 1 is 1.67 bits per heavy atom. The summed E-state index contributed by atoms with van der Waals surface area (Å²) in [5.74, 6) is 0.384. The molecule has 1 aromatic heterocycles. The van der Waals surface area contributed by atoms with Crippen LogP contribution in [0.4, 0.5) is 0 Å². The third-order valence-electron chi connectivity index (χ3n) is 2.93. The Hall–Kier alpha value is -2.04. The number of carbonyl (C=O) groups excluding carboxylic acids is 2. The van der Waals surface area contributed by atoms with Gasteiger partial charge in [-0.05, 0) is 24.6 Å². The molecule has 96 valence electrons. The number of furan rings is 1. The molecule has 0 aliphatic carbocycles. The highest BCUT2D eigenvalue weighted by atomic mass is 16.3. The first-order chi connectivity index (χ1) is 8.72. The fourth-order valence-electron chi connectivity index (χ4n) is 2.02. The minimum atomic E-state index is -0.368. The molecule has 0 unspecified atom stereocenters. The summed E-state index contributed by atoms with van der Waals surface area (Å²) in [5, 5.41) is 2.76. The predicted octanol–water partition coefficient (Wildman–Crippen LogP) is 1.03. The lowest BCUT2D eigenvalue weighted by Gasteiger charge is -2.33. The van der Waals surface area contributed by atoms with Crippen LogP contribution in [0.25, 0.3) is 6.08 Å². The average Bonchev–Trinajstić information content (AvgIpc) is 2.88. The SMILES string of the molecule is CC[C@H]1C(=O)NCCN1C(=O)/C=C/c1ccco1. The number of hydrogen-bond acceptors (Lipinski definition) is 3. The van der Waals surface area contributed by atoms with Gasteiger partial charge in [0.1, 0.15) is 11.8 Å². The van der Waals surface area contributed by atoms with Crippen molar-refractivity contribution in [1.29, 1.82) is 0 Å². The molecule has 0 saturated carbocycles. The largest absolute Gasteiger partial charge is 0.465 e. The van der Waals surface area contributed by atoms with Gasteiger partial charge in [0.25, 0.3) is 0 Å². The van der Waals surface area contributed by atoms with Crippen molar-refractivity contribution in [2.24, 2.45) is 0 Å². The average molecular weight is 248 g/mol. The van der Waals surface area contributed by atoms with E-state index in [1.54, 1.807) is 29.4 Å². The summed E-state index contributed by atoms with van der Waals surface area (Å²) < 4.78 is 5.11. The van der Waals surface area contributed by atoms with Crippen molar-refractivity contribution in [2.45, 2.75) is 19.4 Å². The molecule has 2 amide bonds. The van der Waals surface area contributed by atoms with Gasteiger partial charge in [-0.15, -0.1) is 0 Å². The van der Waals surface area contributed by atoms with Crippen LogP contribution >= 0.6 is 0 Å². The van der Waals surface area contributed by atoms with Gasteiger partial charge in [-0.1, -0.05) is 6.92 Å². The summed E-state index contributed by atoms with van der Waals surface area (Å²) >= 11 is 0. The molecule has 1 aliphatic heterocycles. The molecule has 1 N–H and O–H groups in total. The van der Waals surface area contributed by atoms with E-state index in [1.165, 1.54) is 6.08 Å². The highest BCUT2D eigenvalue weighted by Crippen LogP contribution is 2.10. The van der Waals surface area contributed by atoms with Gasteiger partial charge >= 0.3 is 0 Å². The van der Waals surface area contributed by atoms with Gasteiger partial charge in [-0.25, -0.2) is 0 Å². The van der Waals surface area contributed by atoms with Crippen LogP contribution in [0.3, 0.4) is 0 Å². The van der Waals surface area contributed by atoms with Gasteiger partial charge in [0.05, 0.1) is 6.26 Å². The van der Waals surface area contributed by atoms with E-state index in [1.807, 2.05) is 6.92 Å². The molecule has 2 heterocycles. The fourth-order valence-corrected chi connectivity index (χ4v) is 2.02. The normalized spacial score (nSPS) is 20.2. The maximum absolute atomic E-state index is 12.0. The third kappa shape index (κ3) is 2.61. The Labute approximate surface area is 105 Å². The van der Waals surface area contributed by atoms with E-state index in [-0.39, 0.29) is 17.9 Å². The van der Waals surface area contributed by atoms with Gasteiger partial charge in [0, 0.05) is 19.2 Å². The molecular weight excluding hydrogens is 232 g/mol. The van der Waals surface area contributed by atoms with Crippen LogP contribution in [-0.4, -0.2) is 35.8 Å². The Balaban J connectivity index is 2.05. The van der Waals surface area contributed by atoms with Gasteiger partial charge in [-0.3, -0.25) is 9.59 Å². The first-order valence-corrected chi connectivity index (χ1v) is 6.02. The summed E-state index contributed by atoms with van der Waals surface area (Å²) in [7, 11) is 0. The summed E-state index contributed by atoms with van der Waals surface area (Å²) in [6.07, 6.45) is 5.22. The second-order valence-electron chi connectivity index (χ2n) is 4.10. The van der Waals surface area contributed by atoms with Crippen LogP contribution in [0, 0.1) is 0 Å². The topological polar surface area (TPSA) is 62.6 Å². The molecule has 1 aromatic rings. The number of amides is 2. The molecule has 18 heavy (non-hydrogen) atoms. The molecule has 1 atom stereocenters. The number of rotatable bonds is 3. The van der Waals surface area contributed by atoms with Crippen molar-refractivity contribution < 1.29 is 14.0 Å². The lowest BCUT2D eigenvalue weighted by atomic mass is 10.1. The van der Waals surface area contributed by atoms with Crippen LogP contribution in [0.5, 0.6) is 0 Å². The molecule has 5 nitrogen and oxygen atoms in total. The molecule has 1 fully saturated rings. The summed E-state index contributed by atoms with van der Waals surface area (Å²) in [4.78, 5) is 25.2. The zero-order chi connectivity index (χ0) is 13.0. The first-order valence-electron chi connectivity index (χ1n) is 6.02. The first kappa shape index (κ1) is 12.4. The Morgan fingerprint density at radius 3 is 3.17 bits per heavy atom. The fraction of sp³-hybridized carbons (Fsp3) is 0.385. The van der Waals surface area contributed by atoms with Crippen LogP contribution in [0.1, 0.15) is 19.1 Å². The maximum atomic E-state index is 12.0. The van der Waals surface area contributed by atoms with Crippen molar-refractivity contribution in [1.82, 2.24) is 10.2 Å². The van der Waals surface area contributed by atoms with Crippen LogP contribution in [0.15, 0.2) is 28.9 Å². The number of piperazine rings is 1. The monoisotopic (exact) mass is 248 g/mol. The minimum absolute atomic E-state index is 0.0801. The van der Waals surface area contributed by atoms with Gasteiger partial charge in [0.2, 0.25) is 11.8 Å². The van der Waals surface area contributed by atoms with E-state index < -0.39 is 0 Å². The molecule has 0 bridgehead atoms. The van der Waals surface area contributed by atoms with E-state index in [0.717, 1.165) is 0 Å². The standard InChI is InChI=1S/C13H16N2O3/c1-2-11-13(17)14-7-8-15(11)12(16)6-5-10-4-3-9-18-10/h3-6,9,11H,2,7-8H2,1H3,(H,14,17)/b6-5+/t11-/m0/s1. The number of hydrogen-bond donors (Lipinski definition) is 1. The zero-order valence-electron chi connectivity index (χ0n) is 10.3. The Kier molecular flexibility index (Phi) is 3.82. The van der Waals surface area contributed by atoms with Crippen molar-refractivity contribution >= 4 is 17.9 Å². The van der Waals surface area contributed by atoms with Crippen LogP contribution in [-0.2, 0) is 9.59 Å². The second kappa shape index (κ2) is 5.53. The zero-order valence-corrected chi connectivity index (χ0v) is 10.3. The highest BCUT2D eigenvalue weighted by Gasteiger charge is 2.30. The van der Waals surface area contributed by atoms with E-state index in [0.29, 0.717) is 25.3 Å². The molecule has 2 rings (SSSR count). The van der Waals surface area contributed by atoms with Gasteiger partial charge < -0.3 is 14.6 Å². The van der Waals surface area contributed by atoms with Gasteiger partial charge in [0.15, 0.2) is 0 Å². The minimum Gasteiger partial charge on any atom is -0.465 e. The van der Waals surface area contributed by atoms with Crippen molar-refractivity contribution in [3.63, 3.8) is 0 Å². The van der Waals surface area contributed by atoms with E-state index in [2.05, 4.69) is 5.32 Å². The maximum Gasteiger partial charge on any atom is 0.247 e. The van der Waals surface area contributed by atoms with Gasteiger partial charge in [-0.2, -0.15) is 0 Å². The smallest absolute Gasteiger partial charge is 0.247 e. The molecular formula is C13H16N2O3. The summed E-state index contributed by atoms with van der Waals surface area (Å²) in [6.45, 7) is 2.95. The number of carbonyl (C=O) groups is 2. The summed E-state index contributed by atoms with van der Waals surface area (Å²) in [6, 6.07) is 3.16. The Bertz CT molecular complexity index is 451. The lowest BCUT2D eigenvalue weighted by molar-refractivity contribution is -0.140. The van der Waals surface area contributed by atoms with Crippen LogP contribution in [0.2, 0.25) is 0 Å². The molecule has 1 saturated heterocycles. The molecule has 5 heteroatoms. The predicted molar refractivity (Wildman–Crippen MR) is 66.5 cm³/mol. The molecule has 0 radical (unpaired) electrons. The van der Waals surface area contributed by atoms with Crippen LogP contribution < -0.4 is 5.32 Å². The Morgan fingerprint density at radius 2 is 2.50 bits per heavy atom. The van der Waals surface area contributed by atoms with E-state index in [4.69, 9.17) is 4.42 Å². The molecule has 1 aliphatic rings. The van der Waals surface area contributed by atoms with E-state index >= 15 is 0 Å². The summed E-state index contributed by atoms with van der Waals surface area (Å²) in [5.41, 5.74) is 0. The van der Waals surface area contributed by atoms with Crippen molar-refractivity contribution in [2.75, 3.05) is 13.1 Å². The highest BCUT2D eigenvalue weighted by molar-refractivity contribution is 5.96.